The van der Waals surface area contributed by atoms with E-state index >= 15 is 0 Å². The molecule has 2 aliphatic heterocycles. The van der Waals surface area contributed by atoms with E-state index in [1.165, 1.54) is 22.3 Å². The summed E-state index contributed by atoms with van der Waals surface area (Å²) in [6.07, 6.45) is 1.16. The van der Waals surface area contributed by atoms with Crippen LogP contribution in [0.1, 0.15) is 28.3 Å². The predicted octanol–water partition coefficient (Wildman–Crippen LogP) is 2.89. The van der Waals surface area contributed by atoms with Gasteiger partial charge in [0.1, 0.15) is 0 Å². The average molecular weight is 264 g/mol. The molecule has 2 aliphatic rings. The molecule has 0 saturated heterocycles. The summed E-state index contributed by atoms with van der Waals surface area (Å²) < 4.78 is 0. The SMILES string of the molecule is c1ccc2c(c1)CN(CC1NCCc3ccccc31)C2. The molecule has 4 rings (SSSR count). The molecule has 1 N–H and O–H groups in total. The van der Waals surface area contributed by atoms with Crippen molar-refractivity contribution in [3.8, 4) is 0 Å². The van der Waals surface area contributed by atoms with Crippen LogP contribution >= 0.6 is 0 Å². The maximum atomic E-state index is 3.69. The quantitative estimate of drug-likeness (QED) is 0.897. The van der Waals surface area contributed by atoms with Crippen LogP contribution in [0.5, 0.6) is 0 Å². The molecule has 2 nitrogen and oxygen atoms in total. The molecule has 1 atom stereocenters. The Morgan fingerprint density at radius 3 is 2.30 bits per heavy atom. The van der Waals surface area contributed by atoms with Crippen molar-refractivity contribution < 1.29 is 0 Å². The van der Waals surface area contributed by atoms with Gasteiger partial charge in [0, 0.05) is 25.7 Å². The number of hydrogen-bond donors (Lipinski definition) is 1. The van der Waals surface area contributed by atoms with E-state index in [2.05, 4.69) is 58.7 Å². The van der Waals surface area contributed by atoms with Crippen LogP contribution in [0.25, 0.3) is 0 Å². The number of rotatable bonds is 2. The lowest BCUT2D eigenvalue weighted by molar-refractivity contribution is 0.245. The Hall–Kier alpha value is -1.64. The molecule has 0 aromatic heterocycles. The lowest BCUT2D eigenvalue weighted by Gasteiger charge is -2.30. The minimum absolute atomic E-state index is 0.481. The van der Waals surface area contributed by atoms with Crippen molar-refractivity contribution in [2.24, 2.45) is 0 Å². The van der Waals surface area contributed by atoms with Gasteiger partial charge in [0.25, 0.3) is 0 Å². The molecule has 0 aliphatic carbocycles. The lowest BCUT2D eigenvalue weighted by atomic mass is 9.94. The second kappa shape index (κ2) is 5.04. The van der Waals surface area contributed by atoms with Crippen LogP contribution < -0.4 is 5.32 Å². The van der Waals surface area contributed by atoms with Crippen LogP contribution in [0.15, 0.2) is 48.5 Å². The molecular formula is C18H20N2. The van der Waals surface area contributed by atoms with Crippen LogP contribution in [0, 0.1) is 0 Å². The van der Waals surface area contributed by atoms with Gasteiger partial charge in [0.15, 0.2) is 0 Å². The summed E-state index contributed by atoms with van der Waals surface area (Å²) in [6.45, 7) is 4.39. The van der Waals surface area contributed by atoms with Crippen molar-refractivity contribution >= 4 is 0 Å². The van der Waals surface area contributed by atoms with Gasteiger partial charge in [-0.2, -0.15) is 0 Å². The number of nitrogens with one attached hydrogen (secondary N) is 1. The minimum atomic E-state index is 0.481. The minimum Gasteiger partial charge on any atom is -0.309 e. The van der Waals surface area contributed by atoms with E-state index in [0.717, 1.165) is 32.6 Å². The Labute approximate surface area is 120 Å². The van der Waals surface area contributed by atoms with Crippen LogP contribution in [0.2, 0.25) is 0 Å². The van der Waals surface area contributed by atoms with Crippen LogP contribution in [0.4, 0.5) is 0 Å². The van der Waals surface area contributed by atoms with Crippen molar-refractivity contribution in [2.75, 3.05) is 13.1 Å². The summed E-state index contributed by atoms with van der Waals surface area (Å²) in [5, 5.41) is 3.69. The van der Waals surface area contributed by atoms with Crippen LogP contribution in [0.3, 0.4) is 0 Å². The van der Waals surface area contributed by atoms with Gasteiger partial charge in [-0.25, -0.2) is 0 Å². The fraction of sp³-hybridized carbons (Fsp3) is 0.333. The van der Waals surface area contributed by atoms with Gasteiger partial charge in [0.05, 0.1) is 0 Å². The van der Waals surface area contributed by atoms with Gasteiger partial charge in [0.2, 0.25) is 0 Å². The maximum Gasteiger partial charge on any atom is 0.0452 e. The molecule has 2 heteroatoms. The highest BCUT2D eigenvalue weighted by molar-refractivity contribution is 5.34. The third kappa shape index (κ3) is 2.15. The van der Waals surface area contributed by atoms with E-state index in [4.69, 9.17) is 0 Å². The summed E-state index contributed by atoms with van der Waals surface area (Å²) in [5.74, 6) is 0. The molecule has 0 radical (unpaired) electrons. The van der Waals surface area contributed by atoms with Crippen molar-refractivity contribution in [3.05, 3.63) is 70.8 Å². The van der Waals surface area contributed by atoms with Crippen LogP contribution in [-0.2, 0) is 19.5 Å². The highest BCUT2D eigenvalue weighted by Crippen LogP contribution is 2.28. The first-order valence-electron chi connectivity index (χ1n) is 7.50. The number of nitrogens with zero attached hydrogens (tertiary/aromatic N) is 1. The first-order valence-corrected chi connectivity index (χ1v) is 7.50. The number of hydrogen-bond acceptors (Lipinski definition) is 2. The Balaban J connectivity index is 1.52. The largest absolute Gasteiger partial charge is 0.309 e. The topological polar surface area (TPSA) is 15.3 Å². The normalized spacial score (nSPS) is 21.5. The van der Waals surface area contributed by atoms with Gasteiger partial charge in [-0.05, 0) is 35.2 Å². The van der Waals surface area contributed by atoms with Gasteiger partial charge in [-0.3, -0.25) is 4.90 Å². The molecule has 1 unspecified atom stereocenters. The third-order valence-electron chi connectivity index (χ3n) is 4.56. The summed E-state index contributed by atoms with van der Waals surface area (Å²) in [5.41, 5.74) is 6.01. The fourth-order valence-electron chi connectivity index (χ4n) is 3.55. The molecule has 0 amide bonds. The fourth-order valence-corrected chi connectivity index (χ4v) is 3.55. The van der Waals surface area contributed by atoms with E-state index in [-0.39, 0.29) is 0 Å². The van der Waals surface area contributed by atoms with Gasteiger partial charge in [-0.15, -0.1) is 0 Å². The molecule has 2 heterocycles. The van der Waals surface area contributed by atoms with E-state index in [1.54, 1.807) is 0 Å². The molecule has 20 heavy (non-hydrogen) atoms. The maximum absolute atomic E-state index is 3.69. The van der Waals surface area contributed by atoms with Gasteiger partial charge < -0.3 is 5.32 Å². The van der Waals surface area contributed by atoms with Crippen molar-refractivity contribution in [1.29, 1.82) is 0 Å². The second-order valence-corrected chi connectivity index (χ2v) is 5.89. The molecular weight excluding hydrogens is 244 g/mol. The Kier molecular flexibility index (Phi) is 3.06. The first kappa shape index (κ1) is 12.1. The molecule has 0 saturated carbocycles. The Morgan fingerprint density at radius 1 is 0.900 bits per heavy atom. The van der Waals surface area contributed by atoms with Crippen molar-refractivity contribution in [2.45, 2.75) is 25.6 Å². The first-order chi connectivity index (χ1) is 9.90. The zero-order valence-corrected chi connectivity index (χ0v) is 11.7. The summed E-state index contributed by atoms with van der Waals surface area (Å²) in [4.78, 5) is 2.56. The summed E-state index contributed by atoms with van der Waals surface area (Å²) in [7, 11) is 0. The van der Waals surface area contributed by atoms with E-state index < -0.39 is 0 Å². The molecule has 102 valence electrons. The van der Waals surface area contributed by atoms with E-state index in [0.29, 0.717) is 6.04 Å². The Bertz CT molecular complexity index is 595. The summed E-state index contributed by atoms with van der Waals surface area (Å²) >= 11 is 0. The number of fused-ring (bicyclic) bond motifs is 2. The highest BCUT2D eigenvalue weighted by Gasteiger charge is 2.25. The van der Waals surface area contributed by atoms with Gasteiger partial charge in [-0.1, -0.05) is 48.5 Å². The smallest absolute Gasteiger partial charge is 0.0452 e. The van der Waals surface area contributed by atoms with E-state index in [9.17, 15) is 0 Å². The van der Waals surface area contributed by atoms with Crippen molar-refractivity contribution in [1.82, 2.24) is 10.2 Å². The summed E-state index contributed by atoms with van der Waals surface area (Å²) in [6, 6.07) is 18.2. The molecule has 0 spiro atoms. The van der Waals surface area contributed by atoms with Crippen LogP contribution in [-0.4, -0.2) is 18.0 Å². The Morgan fingerprint density at radius 2 is 1.55 bits per heavy atom. The average Bonchev–Trinajstić information content (AvgIpc) is 2.90. The predicted molar refractivity (Wildman–Crippen MR) is 81.4 cm³/mol. The molecule has 0 fully saturated rings. The zero-order valence-electron chi connectivity index (χ0n) is 11.7. The van der Waals surface area contributed by atoms with Crippen molar-refractivity contribution in [3.63, 3.8) is 0 Å². The molecule has 2 aromatic carbocycles. The highest BCUT2D eigenvalue weighted by atomic mass is 15.2. The van der Waals surface area contributed by atoms with E-state index in [1.807, 2.05) is 0 Å². The molecule has 2 aromatic rings. The third-order valence-corrected chi connectivity index (χ3v) is 4.56. The lowest BCUT2D eigenvalue weighted by Crippen LogP contribution is -2.37. The van der Waals surface area contributed by atoms with Gasteiger partial charge >= 0.3 is 0 Å². The molecule has 0 bridgehead atoms. The number of benzene rings is 2. The zero-order chi connectivity index (χ0) is 13.4. The second-order valence-electron chi connectivity index (χ2n) is 5.89. The monoisotopic (exact) mass is 264 g/mol. The standard InChI is InChI=1S/C18H20N2/c1-2-7-16-12-20(11-15(16)6-1)13-18-17-8-4-3-5-14(17)9-10-19-18/h1-8,18-19H,9-13H2.